The van der Waals surface area contributed by atoms with Crippen molar-refractivity contribution in [1.82, 2.24) is 0 Å². The summed E-state index contributed by atoms with van der Waals surface area (Å²) in [4.78, 5) is 9.57. The third kappa shape index (κ3) is 4.03. The molecule has 0 bridgehead atoms. The zero-order valence-electron chi connectivity index (χ0n) is 6.02. The Hall–Kier alpha value is -0.900. The first kappa shape index (κ1) is 9.10. The Morgan fingerprint density at radius 1 is 1.50 bits per heavy atom. The summed E-state index contributed by atoms with van der Waals surface area (Å²) in [5.41, 5.74) is 0. The van der Waals surface area contributed by atoms with Crippen molar-refractivity contribution in [2.24, 2.45) is 0 Å². The van der Waals surface area contributed by atoms with Crippen LogP contribution in [0.1, 0.15) is 13.8 Å². The maximum Gasteiger partial charge on any atom is 0.228 e. The molecule has 0 amide bonds. The molecule has 0 fully saturated rings. The van der Waals surface area contributed by atoms with Crippen LogP contribution in [0.25, 0.3) is 0 Å². The van der Waals surface area contributed by atoms with Crippen LogP contribution < -0.4 is 0 Å². The molecule has 4 nitrogen and oxygen atoms in total. The molecule has 0 aromatic heterocycles. The second-order valence-electron chi connectivity index (χ2n) is 2.15. The van der Waals surface area contributed by atoms with E-state index < -0.39 is 17.1 Å². The highest BCUT2D eigenvalue weighted by Gasteiger charge is 2.06. The molecule has 0 aromatic rings. The Morgan fingerprint density at radius 2 is 2.00 bits per heavy atom. The molecule has 10 heavy (non-hydrogen) atoms. The van der Waals surface area contributed by atoms with Crippen molar-refractivity contribution >= 4 is 0 Å². The van der Waals surface area contributed by atoms with Gasteiger partial charge in [-0.1, -0.05) is 6.08 Å². The van der Waals surface area contributed by atoms with Gasteiger partial charge in [0, 0.05) is 11.8 Å². The minimum Gasteiger partial charge on any atom is -0.389 e. The molecule has 58 valence electrons. The fraction of sp³-hybridized carbons (Fsp3) is 0.667. The van der Waals surface area contributed by atoms with Crippen molar-refractivity contribution < 1.29 is 10.0 Å². The molecule has 0 aliphatic heterocycles. The van der Waals surface area contributed by atoms with Crippen LogP contribution in [0.3, 0.4) is 0 Å². The summed E-state index contributed by atoms with van der Waals surface area (Å²) in [6.07, 6.45) is 2.15. The third-order valence-corrected chi connectivity index (χ3v) is 1.00. The topological polar surface area (TPSA) is 63.4 Å². The Kier molecular flexibility index (Phi) is 3.64. The molecule has 0 heterocycles. The highest BCUT2D eigenvalue weighted by Crippen LogP contribution is 1.92. The van der Waals surface area contributed by atoms with Gasteiger partial charge in [0.25, 0.3) is 0 Å². The Bertz CT molecular complexity index is 142. The summed E-state index contributed by atoms with van der Waals surface area (Å²) >= 11 is 0. The van der Waals surface area contributed by atoms with Crippen LogP contribution in [0.5, 0.6) is 0 Å². The maximum atomic E-state index is 9.98. The zero-order chi connectivity index (χ0) is 8.15. The lowest BCUT2D eigenvalue weighted by Crippen LogP contribution is -2.11. The van der Waals surface area contributed by atoms with Crippen molar-refractivity contribution in [3.05, 3.63) is 22.3 Å². The summed E-state index contributed by atoms with van der Waals surface area (Å²) in [6.45, 7) is 3.00. The van der Waals surface area contributed by atoms with E-state index in [1.807, 2.05) is 0 Å². The van der Waals surface area contributed by atoms with E-state index >= 15 is 0 Å². The molecule has 0 spiro atoms. The van der Waals surface area contributed by atoms with E-state index in [1.165, 1.54) is 19.1 Å². The maximum absolute atomic E-state index is 9.98. The third-order valence-electron chi connectivity index (χ3n) is 1.00. The van der Waals surface area contributed by atoms with Crippen LogP contribution in [-0.2, 0) is 0 Å². The molecular weight excluding hydrogens is 134 g/mol. The van der Waals surface area contributed by atoms with Crippen molar-refractivity contribution in [1.29, 1.82) is 0 Å². The van der Waals surface area contributed by atoms with E-state index in [0.717, 1.165) is 0 Å². The molecule has 0 saturated carbocycles. The van der Waals surface area contributed by atoms with E-state index in [1.54, 1.807) is 6.92 Å². The standard InChI is InChI=1S/C6H11NO3/c1-5(7(9)10)3-4-6(2)8/h3-6,8H,1-2H3/b4-3+. The van der Waals surface area contributed by atoms with Gasteiger partial charge in [-0.3, -0.25) is 10.1 Å². The quantitative estimate of drug-likeness (QED) is 0.359. The summed E-state index contributed by atoms with van der Waals surface area (Å²) in [5.74, 6) is 0. The number of nitrogens with zero attached hydrogens (tertiary/aromatic N) is 1. The molecule has 4 heteroatoms. The molecule has 0 rings (SSSR count). The number of aliphatic hydroxyl groups excluding tert-OH is 1. The lowest BCUT2D eigenvalue weighted by molar-refractivity contribution is -0.504. The Balaban J connectivity index is 3.77. The lowest BCUT2D eigenvalue weighted by atomic mass is 10.3. The van der Waals surface area contributed by atoms with E-state index in [2.05, 4.69) is 0 Å². The highest BCUT2D eigenvalue weighted by atomic mass is 16.6. The molecule has 0 aliphatic carbocycles. The molecule has 0 saturated heterocycles. The fourth-order valence-corrected chi connectivity index (χ4v) is 0.392. The Labute approximate surface area is 59.3 Å². The highest BCUT2D eigenvalue weighted by molar-refractivity contribution is 4.90. The van der Waals surface area contributed by atoms with Gasteiger partial charge in [-0.05, 0) is 13.0 Å². The first-order chi connectivity index (χ1) is 4.54. The predicted molar refractivity (Wildman–Crippen MR) is 37.3 cm³/mol. The van der Waals surface area contributed by atoms with Crippen LogP contribution in [-0.4, -0.2) is 22.2 Å². The van der Waals surface area contributed by atoms with Crippen molar-refractivity contribution in [2.75, 3.05) is 0 Å². The molecular formula is C6H11NO3. The van der Waals surface area contributed by atoms with Crippen LogP contribution in [0.15, 0.2) is 12.2 Å². The monoisotopic (exact) mass is 145 g/mol. The van der Waals surface area contributed by atoms with E-state index in [-0.39, 0.29) is 0 Å². The fourth-order valence-electron chi connectivity index (χ4n) is 0.392. The van der Waals surface area contributed by atoms with Gasteiger partial charge in [-0.15, -0.1) is 0 Å². The first-order valence-electron chi connectivity index (χ1n) is 3.04. The number of hydrogen-bond donors (Lipinski definition) is 1. The second-order valence-corrected chi connectivity index (χ2v) is 2.15. The molecule has 0 radical (unpaired) electrons. The average molecular weight is 145 g/mol. The minimum atomic E-state index is -0.713. The van der Waals surface area contributed by atoms with Gasteiger partial charge in [0.2, 0.25) is 6.04 Å². The summed E-state index contributed by atoms with van der Waals surface area (Å²) in [5, 5.41) is 18.7. The smallest absolute Gasteiger partial charge is 0.228 e. The zero-order valence-corrected chi connectivity index (χ0v) is 6.02. The van der Waals surface area contributed by atoms with E-state index in [4.69, 9.17) is 5.11 Å². The van der Waals surface area contributed by atoms with Gasteiger partial charge < -0.3 is 5.11 Å². The summed E-state index contributed by atoms with van der Waals surface area (Å²) in [7, 11) is 0. The summed E-state index contributed by atoms with van der Waals surface area (Å²) in [6, 6.07) is -0.713. The van der Waals surface area contributed by atoms with Gasteiger partial charge in [0.05, 0.1) is 6.10 Å². The molecule has 1 N–H and O–H groups in total. The van der Waals surface area contributed by atoms with Crippen LogP contribution >= 0.6 is 0 Å². The van der Waals surface area contributed by atoms with Crippen LogP contribution in [0.4, 0.5) is 0 Å². The van der Waals surface area contributed by atoms with Gasteiger partial charge in [0.15, 0.2) is 0 Å². The minimum absolute atomic E-state index is 0.418. The summed E-state index contributed by atoms with van der Waals surface area (Å²) < 4.78 is 0. The molecule has 0 aliphatic rings. The van der Waals surface area contributed by atoms with Gasteiger partial charge in [-0.2, -0.15) is 0 Å². The molecule has 0 aromatic carbocycles. The first-order valence-corrected chi connectivity index (χ1v) is 3.04. The van der Waals surface area contributed by atoms with Crippen molar-refractivity contribution in [3.63, 3.8) is 0 Å². The number of nitro groups is 1. The number of rotatable bonds is 3. The van der Waals surface area contributed by atoms with Gasteiger partial charge in [0.1, 0.15) is 0 Å². The van der Waals surface area contributed by atoms with Gasteiger partial charge in [-0.25, -0.2) is 0 Å². The van der Waals surface area contributed by atoms with E-state index in [9.17, 15) is 10.1 Å². The van der Waals surface area contributed by atoms with E-state index in [0.29, 0.717) is 0 Å². The molecule has 2 unspecified atom stereocenters. The van der Waals surface area contributed by atoms with Crippen LogP contribution in [0.2, 0.25) is 0 Å². The van der Waals surface area contributed by atoms with Crippen LogP contribution in [0, 0.1) is 10.1 Å². The van der Waals surface area contributed by atoms with Crippen molar-refractivity contribution in [3.8, 4) is 0 Å². The largest absolute Gasteiger partial charge is 0.389 e. The second kappa shape index (κ2) is 4.00. The SMILES string of the molecule is CC(O)/C=C/C(C)[N+](=O)[O-]. The molecule has 2 atom stereocenters. The normalized spacial score (nSPS) is 17.1. The lowest BCUT2D eigenvalue weighted by Gasteiger charge is -1.96. The average Bonchev–Trinajstić information content (AvgIpc) is 1.82. The number of hydrogen-bond acceptors (Lipinski definition) is 3. The Morgan fingerprint density at radius 3 is 2.30 bits per heavy atom. The predicted octanol–water partition coefficient (Wildman–Crippen LogP) is 0.589. The number of aliphatic hydroxyl groups is 1. The van der Waals surface area contributed by atoms with Crippen molar-refractivity contribution in [2.45, 2.75) is 26.0 Å². The van der Waals surface area contributed by atoms with Gasteiger partial charge >= 0.3 is 0 Å².